The standard InChI is InChI=1S/C11H11Br2N3O3/c1-15-7(6-14)2-3-19-11-9(12)4-8(16(17)18)5-10(11)13/h4-5,7,15H,2-3H2,1H3. The van der Waals surface area contributed by atoms with Crippen LogP contribution in [0.1, 0.15) is 6.42 Å². The summed E-state index contributed by atoms with van der Waals surface area (Å²) in [5, 5.41) is 22.3. The van der Waals surface area contributed by atoms with Crippen LogP contribution in [-0.2, 0) is 0 Å². The summed E-state index contributed by atoms with van der Waals surface area (Å²) >= 11 is 6.46. The fourth-order valence-electron chi connectivity index (χ4n) is 1.34. The number of hydrogen-bond acceptors (Lipinski definition) is 5. The van der Waals surface area contributed by atoms with Crippen molar-refractivity contribution in [1.29, 1.82) is 5.26 Å². The lowest BCUT2D eigenvalue weighted by atomic mass is 10.2. The van der Waals surface area contributed by atoms with Crippen molar-refractivity contribution >= 4 is 37.5 Å². The minimum Gasteiger partial charge on any atom is -0.491 e. The van der Waals surface area contributed by atoms with Crippen molar-refractivity contribution in [3.63, 3.8) is 0 Å². The van der Waals surface area contributed by atoms with Gasteiger partial charge in [-0.3, -0.25) is 10.1 Å². The number of halogens is 2. The van der Waals surface area contributed by atoms with E-state index < -0.39 is 4.92 Å². The number of nitriles is 1. The van der Waals surface area contributed by atoms with Gasteiger partial charge < -0.3 is 10.1 Å². The number of benzene rings is 1. The van der Waals surface area contributed by atoms with E-state index in [2.05, 4.69) is 43.2 Å². The predicted octanol–water partition coefficient (Wildman–Crippen LogP) is 3.00. The van der Waals surface area contributed by atoms with Gasteiger partial charge in [0.1, 0.15) is 5.75 Å². The van der Waals surface area contributed by atoms with Gasteiger partial charge in [-0.15, -0.1) is 0 Å². The maximum absolute atomic E-state index is 10.7. The van der Waals surface area contributed by atoms with Gasteiger partial charge in [0, 0.05) is 18.6 Å². The van der Waals surface area contributed by atoms with Crippen molar-refractivity contribution in [1.82, 2.24) is 5.32 Å². The van der Waals surface area contributed by atoms with E-state index in [9.17, 15) is 10.1 Å². The highest BCUT2D eigenvalue weighted by atomic mass is 79.9. The van der Waals surface area contributed by atoms with E-state index in [1.54, 1.807) is 7.05 Å². The fourth-order valence-corrected chi connectivity index (χ4v) is 2.73. The molecule has 0 aliphatic rings. The summed E-state index contributed by atoms with van der Waals surface area (Å²) < 4.78 is 6.51. The van der Waals surface area contributed by atoms with Crippen LogP contribution in [0.5, 0.6) is 5.75 Å². The largest absolute Gasteiger partial charge is 0.491 e. The Morgan fingerprint density at radius 3 is 2.53 bits per heavy atom. The molecule has 0 fully saturated rings. The number of non-ortho nitro benzene ring substituents is 1. The second-order valence-electron chi connectivity index (χ2n) is 3.60. The van der Waals surface area contributed by atoms with E-state index in [-0.39, 0.29) is 11.7 Å². The minimum absolute atomic E-state index is 0.0313. The number of rotatable bonds is 6. The average molecular weight is 393 g/mol. The maximum Gasteiger partial charge on any atom is 0.271 e. The topological polar surface area (TPSA) is 88.2 Å². The van der Waals surface area contributed by atoms with Crippen LogP contribution in [0.2, 0.25) is 0 Å². The van der Waals surface area contributed by atoms with Crippen LogP contribution < -0.4 is 10.1 Å². The molecule has 0 spiro atoms. The summed E-state index contributed by atoms with van der Waals surface area (Å²) in [6, 6.07) is 4.56. The molecule has 0 saturated heterocycles. The van der Waals surface area contributed by atoms with Gasteiger partial charge in [-0.05, 0) is 38.9 Å². The van der Waals surface area contributed by atoms with Gasteiger partial charge in [0.2, 0.25) is 0 Å². The molecule has 8 heteroatoms. The highest BCUT2D eigenvalue weighted by Gasteiger charge is 2.15. The zero-order valence-corrected chi connectivity index (χ0v) is 13.2. The number of nitro groups is 1. The third kappa shape index (κ3) is 4.45. The zero-order valence-electron chi connectivity index (χ0n) is 10.0. The fraction of sp³-hybridized carbons (Fsp3) is 0.364. The van der Waals surface area contributed by atoms with Crippen LogP contribution in [0.4, 0.5) is 5.69 Å². The predicted molar refractivity (Wildman–Crippen MR) is 77.1 cm³/mol. The number of nitrogens with one attached hydrogen (secondary N) is 1. The van der Waals surface area contributed by atoms with Gasteiger partial charge in [0.25, 0.3) is 5.69 Å². The normalized spacial score (nSPS) is 11.7. The molecule has 0 radical (unpaired) electrons. The molecule has 1 rings (SSSR count). The molecule has 1 aromatic rings. The van der Waals surface area contributed by atoms with Crippen molar-refractivity contribution in [2.45, 2.75) is 12.5 Å². The van der Waals surface area contributed by atoms with Crippen LogP contribution in [0.3, 0.4) is 0 Å². The van der Waals surface area contributed by atoms with Crippen molar-refractivity contribution in [3.05, 3.63) is 31.2 Å². The first-order valence-corrected chi connectivity index (χ1v) is 6.91. The van der Waals surface area contributed by atoms with Crippen molar-refractivity contribution in [2.75, 3.05) is 13.7 Å². The molecule has 19 heavy (non-hydrogen) atoms. The van der Waals surface area contributed by atoms with Crippen LogP contribution in [0, 0.1) is 21.4 Å². The first-order chi connectivity index (χ1) is 8.99. The Bertz CT molecular complexity index is 493. The number of nitrogens with zero attached hydrogens (tertiary/aromatic N) is 2. The Morgan fingerprint density at radius 1 is 1.53 bits per heavy atom. The highest BCUT2D eigenvalue weighted by molar-refractivity contribution is 9.11. The van der Waals surface area contributed by atoms with E-state index in [1.165, 1.54) is 12.1 Å². The molecule has 0 amide bonds. The molecule has 1 unspecified atom stereocenters. The van der Waals surface area contributed by atoms with Crippen molar-refractivity contribution in [3.8, 4) is 11.8 Å². The van der Waals surface area contributed by atoms with Gasteiger partial charge in [-0.2, -0.15) is 5.26 Å². The van der Waals surface area contributed by atoms with Gasteiger partial charge >= 0.3 is 0 Å². The SMILES string of the molecule is CNC(C#N)CCOc1c(Br)cc([N+](=O)[O-])cc1Br. The molecule has 0 heterocycles. The van der Waals surface area contributed by atoms with E-state index in [1.807, 2.05) is 0 Å². The maximum atomic E-state index is 10.7. The quantitative estimate of drug-likeness (QED) is 0.593. The van der Waals surface area contributed by atoms with E-state index in [0.717, 1.165) is 0 Å². The Kier molecular flexibility index (Phi) is 6.21. The molecule has 0 aliphatic carbocycles. The molecular formula is C11H11Br2N3O3. The Labute approximate surface area is 127 Å². The van der Waals surface area contributed by atoms with Crippen LogP contribution in [0.25, 0.3) is 0 Å². The first kappa shape index (κ1) is 15.9. The highest BCUT2D eigenvalue weighted by Crippen LogP contribution is 2.37. The average Bonchev–Trinajstić information content (AvgIpc) is 2.37. The van der Waals surface area contributed by atoms with Crippen molar-refractivity contribution < 1.29 is 9.66 Å². The summed E-state index contributed by atoms with van der Waals surface area (Å²) in [7, 11) is 1.70. The summed E-state index contributed by atoms with van der Waals surface area (Å²) in [5.74, 6) is 0.485. The number of ether oxygens (including phenoxy) is 1. The molecule has 0 bridgehead atoms. The summed E-state index contributed by atoms with van der Waals surface area (Å²) in [6.07, 6.45) is 0.517. The Balaban J connectivity index is 2.75. The molecular weight excluding hydrogens is 382 g/mol. The Morgan fingerprint density at radius 2 is 2.11 bits per heavy atom. The summed E-state index contributed by atoms with van der Waals surface area (Å²) in [5.41, 5.74) is -0.0313. The molecule has 102 valence electrons. The van der Waals surface area contributed by atoms with Gasteiger partial charge in [-0.25, -0.2) is 0 Å². The van der Waals surface area contributed by atoms with E-state index in [4.69, 9.17) is 10.00 Å². The minimum atomic E-state index is -0.480. The van der Waals surface area contributed by atoms with E-state index in [0.29, 0.717) is 27.7 Å². The Hall–Kier alpha value is -1.17. The number of nitro benzene ring substituents is 1. The smallest absolute Gasteiger partial charge is 0.271 e. The molecule has 1 N–H and O–H groups in total. The second-order valence-corrected chi connectivity index (χ2v) is 5.31. The lowest BCUT2D eigenvalue weighted by Gasteiger charge is -2.12. The third-order valence-corrected chi connectivity index (χ3v) is 3.53. The molecule has 1 atom stereocenters. The van der Waals surface area contributed by atoms with Crippen LogP contribution >= 0.6 is 31.9 Å². The van der Waals surface area contributed by atoms with Crippen LogP contribution in [-0.4, -0.2) is 24.6 Å². The van der Waals surface area contributed by atoms with Crippen LogP contribution in [0.15, 0.2) is 21.1 Å². The van der Waals surface area contributed by atoms with E-state index >= 15 is 0 Å². The first-order valence-electron chi connectivity index (χ1n) is 5.32. The molecule has 0 saturated carbocycles. The van der Waals surface area contributed by atoms with Gasteiger partial charge in [-0.1, -0.05) is 0 Å². The van der Waals surface area contributed by atoms with Gasteiger partial charge in [0.15, 0.2) is 0 Å². The second kappa shape index (κ2) is 7.43. The van der Waals surface area contributed by atoms with Gasteiger partial charge in [0.05, 0.1) is 32.6 Å². The molecule has 6 nitrogen and oxygen atoms in total. The molecule has 0 aromatic heterocycles. The third-order valence-electron chi connectivity index (χ3n) is 2.35. The monoisotopic (exact) mass is 391 g/mol. The zero-order chi connectivity index (χ0) is 14.4. The summed E-state index contributed by atoms with van der Waals surface area (Å²) in [4.78, 5) is 10.2. The van der Waals surface area contributed by atoms with Crippen molar-refractivity contribution in [2.24, 2.45) is 0 Å². The summed E-state index contributed by atoms with van der Waals surface area (Å²) in [6.45, 7) is 0.327. The lowest BCUT2D eigenvalue weighted by molar-refractivity contribution is -0.385. The molecule has 1 aromatic carbocycles. The number of hydrogen-bond donors (Lipinski definition) is 1. The lowest BCUT2D eigenvalue weighted by Crippen LogP contribution is -2.25. The molecule has 0 aliphatic heterocycles.